The topological polar surface area (TPSA) is 43.4 Å². The quantitative estimate of drug-likeness (QED) is 0.932. The van der Waals surface area contributed by atoms with Gasteiger partial charge in [-0.05, 0) is 25.0 Å². The van der Waals surface area contributed by atoms with Crippen LogP contribution in [0.15, 0.2) is 24.3 Å². The molecular formula is C14H16N2O2S. The molecule has 1 aliphatic heterocycles. The van der Waals surface area contributed by atoms with Crippen molar-refractivity contribution < 1.29 is 9.47 Å². The summed E-state index contributed by atoms with van der Waals surface area (Å²) in [6, 6.07) is 7.67. The highest BCUT2D eigenvalue weighted by Gasteiger charge is 2.15. The molecule has 3 rings (SSSR count). The number of aryl methyl sites for hydroxylation is 1. The zero-order valence-electron chi connectivity index (χ0n) is 10.8. The van der Waals surface area contributed by atoms with Gasteiger partial charge in [0.2, 0.25) is 0 Å². The summed E-state index contributed by atoms with van der Waals surface area (Å²) < 4.78 is 11.0. The Morgan fingerprint density at radius 3 is 2.95 bits per heavy atom. The maximum Gasteiger partial charge on any atom is 0.161 e. The summed E-state index contributed by atoms with van der Waals surface area (Å²) in [4.78, 5) is 5.90. The van der Waals surface area contributed by atoms with Crippen LogP contribution in [0.1, 0.15) is 16.3 Å². The summed E-state index contributed by atoms with van der Waals surface area (Å²) in [5, 5.41) is 4.33. The molecule has 5 heteroatoms. The van der Waals surface area contributed by atoms with Crippen LogP contribution >= 0.6 is 11.3 Å². The molecule has 2 aromatic rings. The second-order valence-corrected chi connectivity index (χ2v) is 5.52. The van der Waals surface area contributed by atoms with E-state index in [0.717, 1.165) is 35.3 Å². The maximum atomic E-state index is 5.79. The second-order valence-electron chi connectivity index (χ2n) is 4.35. The van der Waals surface area contributed by atoms with Crippen LogP contribution in [-0.4, -0.2) is 18.6 Å². The third-order valence-corrected chi connectivity index (χ3v) is 4.12. The fraction of sp³-hybridized carbons (Fsp3) is 0.357. The maximum absolute atomic E-state index is 5.79. The Bertz CT molecular complexity index is 545. The number of para-hydroxylation sites is 2. The highest BCUT2D eigenvalue weighted by molar-refractivity contribution is 7.12. The number of hydrogen-bond donors (Lipinski definition) is 1. The van der Waals surface area contributed by atoms with E-state index in [0.29, 0.717) is 6.61 Å². The standard InChI is InChI=1S/C14H16N2O2S/c1-17-10-5-2-3-6-11(10)18-9-13-16-14-12(19-13)7-4-8-15-14/h2-3,5-6,15H,4,7-9H2,1H3. The number of rotatable bonds is 4. The fourth-order valence-corrected chi connectivity index (χ4v) is 3.10. The lowest BCUT2D eigenvalue weighted by atomic mass is 10.2. The smallest absolute Gasteiger partial charge is 0.161 e. The number of anilines is 1. The Hall–Kier alpha value is -1.75. The molecule has 1 aliphatic rings. The molecule has 0 amide bonds. The summed E-state index contributed by atoms with van der Waals surface area (Å²) in [6.07, 6.45) is 2.30. The second kappa shape index (κ2) is 5.48. The largest absolute Gasteiger partial charge is 0.493 e. The van der Waals surface area contributed by atoms with Gasteiger partial charge in [-0.25, -0.2) is 4.98 Å². The van der Waals surface area contributed by atoms with E-state index in [-0.39, 0.29) is 0 Å². The predicted molar refractivity (Wildman–Crippen MR) is 76.3 cm³/mol. The minimum Gasteiger partial charge on any atom is -0.493 e. The van der Waals surface area contributed by atoms with E-state index in [2.05, 4.69) is 10.3 Å². The highest BCUT2D eigenvalue weighted by atomic mass is 32.1. The van der Waals surface area contributed by atoms with Crippen LogP contribution in [0.25, 0.3) is 0 Å². The first-order chi connectivity index (χ1) is 9.36. The molecule has 1 aromatic heterocycles. The molecule has 19 heavy (non-hydrogen) atoms. The lowest BCUT2D eigenvalue weighted by molar-refractivity contribution is 0.284. The fourth-order valence-electron chi connectivity index (χ4n) is 2.10. The molecule has 0 radical (unpaired) electrons. The number of fused-ring (bicyclic) bond motifs is 1. The lowest BCUT2D eigenvalue weighted by Crippen LogP contribution is -2.10. The summed E-state index contributed by atoms with van der Waals surface area (Å²) in [5.41, 5.74) is 0. The van der Waals surface area contributed by atoms with Gasteiger partial charge >= 0.3 is 0 Å². The third kappa shape index (κ3) is 2.66. The molecule has 0 fully saturated rings. The molecule has 4 nitrogen and oxygen atoms in total. The molecule has 0 atom stereocenters. The molecule has 0 spiro atoms. The Morgan fingerprint density at radius 2 is 2.16 bits per heavy atom. The number of aromatic nitrogens is 1. The van der Waals surface area contributed by atoms with Gasteiger partial charge in [-0.3, -0.25) is 0 Å². The van der Waals surface area contributed by atoms with Gasteiger partial charge in [0, 0.05) is 11.4 Å². The average molecular weight is 276 g/mol. The number of hydrogen-bond acceptors (Lipinski definition) is 5. The Labute approximate surface area is 116 Å². The number of benzene rings is 1. The summed E-state index contributed by atoms with van der Waals surface area (Å²) in [6.45, 7) is 1.50. The Morgan fingerprint density at radius 1 is 1.32 bits per heavy atom. The minimum absolute atomic E-state index is 0.486. The molecule has 0 bridgehead atoms. The van der Waals surface area contributed by atoms with Crippen LogP contribution in [0.5, 0.6) is 11.5 Å². The minimum atomic E-state index is 0.486. The van der Waals surface area contributed by atoms with Crippen molar-refractivity contribution in [2.75, 3.05) is 19.0 Å². The van der Waals surface area contributed by atoms with Gasteiger partial charge in [-0.2, -0.15) is 0 Å². The van der Waals surface area contributed by atoms with Gasteiger partial charge in [0.15, 0.2) is 11.5 Å². The predicted octanol–water partition coefficient (Wildman–Crippen LogP) is 3.09. The van der Waals surface area contributed by atoms with Gasteiger partial charge in [-0.15, -0.1) is 11.3 Å². The number of nitrogens with zero attached hydrogens (tertiary/aromatic N) is 1. The Kier molecular flexibility index (Phi) is 3.55. The number of methoxy groups -OCH3 is 1. The van der Waals surface area contributed by atoms with Crippen molar-refractivity contribution in [1.82, 2.24) is 4.98 Å². The van der Waals surface area contributed by atoms with Crippen molar-refractivity contribution in [1.29, 1.82) is 0 Å². The third-order valence-electron chi connectivity index (χ3n) is 3.03. The lowest BCUT2D eigenvalue weighted by Gasteiger charge is -2.10. The van der Waals surface area contributed by atoms with Gasteiger partial charge in [-0.1, -0.05) is 12.1 Å². The Balaban J connectivity index is 1.70. The number of nitrogens with one attached hydrogen (secondary N) is 1. The van der Waals surface area contributed by atoms with Crippen LogP contribution in [0, 0.1) is 0 Å². The van der Waals surface area contributed by atoms with Gasteiger partial charge in [0.05, 0.1) is 7.11 Å². The summed E-state index contributed by atoms with van der Waals surface area (Å²) >= 11 is 1.73. The highest BCUT2D eigenvalue weighted by Crippen LogP contribution is 2.30. The van der Waals surface area contributed by atoms with E-state index in [1.54, 1.807) is 18.4 Å². The number of ether oxygens (including phenoxy) is 2. The first kappa shape index (κ1) is 12.3. The first-order valence-electron chi connectivity index (χ1n) is 6.35. The van der Waals surface area contributed by atoms with Crippen molar-refractivity contribution in [2.45, 2.75) is 19.4 Å². The molecule has 2 heterocycles. The van der Waals surface area contributed by atoms with E-state index in [1.807, 2.05) is 24.3 Å². The van der Waals surface area contributed by atoms with Gasteiger partial charge < -0.3 is 14.8 Å². The van der Waals surface area contributed by atoms with Gasteiger partial charge in [0.1, 0.15) is 17.4 Å². The molecule has 1 N–H and O–H groups in total. The van der Waals surface area contributed by atoms with E-state index >= 15 is 0 Å². The van der Waals surface area contributed by atoms with Crippen LogP contribution in [-0.2, 0) is 13.0 Å². The van der Waals surface area contributed by atoms with E-state index in [1.165, 1.54) is 11.3 Å². The molecule has 0 saturated carbocycles. The molecule has 100 valence electrons. The van der Waals surface area contributed by atoms with Crippen LogP contribution < -0.4 is 14.8 Å². The summed E-state index contributed by atoms with van der Waals surface area (Å²) in [5.74, 6) is 2.54. The van der Waals surface area contributed by atoms with Crippen LogP contribution in [0.4, 0.5) is 5.82 Å². The zero-order valence-corrected chi connectivity index (χ0v) is 11.6. The van der Waals surface area contributed by atoms with Crippen molar-refractivity contribution in [2.24, 2.45) is 0 Å². The van der Waals surface area contributed by atoms with Crippen molar-refractivity contribution in [3.63, 3.8) is 0 Å². The molecule has 0 saturated heterocycles. The van der Waals surface area contributed by atoms with Crippen molar-refractivity contribution in [3.8, 4) is 11.5 Å². The van der Waals surface area contributed by atoms with E-state index in [4.69, 9.17) is 9.47 Å². The van der Waals surface area contributed by atoms with E-state index < -0.39 is 0 Å². The number of thiazole rings is 1. The summed E-state index contributed by atoms with van der Waals surface area (Å²) in [7, 11) is 1.65. The first-order valence-corrected chi connectivity index (χ1v) is 7.17. The van der Waals surface area contributed by atoms with Crippen LogP contribution in [0.2, 0.25) is 0 Å². The average Bonchev–Trinajstić information content (AvgIpc) is 2.88. The molecular weight excluding hydrogens is 260 g/mol. The van der Waals surface area contributed by atoms with Crippen molar-refractivity contribution in [3.05, 3.63) is 34.2 Å². The van der Waals surface area contributed by atoms with E-state index in [9.17, 15) is 0 Å². The zero-order chi connectivity index (χ0) is 13.1. The normalized spacial score (nSPS) is 13.5. The van der Waals surface area contributed by atoms with Gasteiger partial charge in [0.25, 0.3) is 0 Å². The SMILES string of the molecule is COc1ccccc1OCc1nc2c(s1)CCCN2. The monoisotopic (exact) mass is 276 g/mol. The van der Waals surface area contributed by atoms with Crippen LogP contribution in [0.3, 0.4) is 0 Å². The van der Waals surface area contributed by atoms with Crippen molar-refractivity contribution >= 4 is 17.2 Å². The molecule has 0 aliphatic carbocycles. The molecule has 0 unspecified atom stereocenters. The molecule has 1 aromatic carbocycles.